The van der Waals surface area contributed by atoms with E-state index >= 15 is 0 Å². The van der Waals surface area contributed by atoms with E-state index in [1.807, 2.05) is 6.92 Å². The normalized spacial score (nSPS) is 10.1. The van der Waals surface area contributed by atoms with Crippen molar-refractivity contribution >= 4 is 21.8 Å². The molecule has 0 aliphatic rings. The molecule has 1 heterocycles. The van der Waals surface area contributed by atoms with Crippen LogP contribution in [0.4, 0.5) is 0 Å². The summed E-state index contributed by atoms with van der Waals surface area (Å²) in [6.45, 7) is 2.55. The highest BCUT2D eigenvalue weighted by atomic mass is 79.9. The van der Waals surface area contributed by atoms with Gasteiger partial charge >= 0.3 is 0 Å². The topological polar surface area (TPSA) is 57.8 Å². The van der Waals surface area contributed by atoms with E-state index in [9.17, 15) is 4.79 Å². The first-order chi connectivity index (χ1) is 6.75. The van der Waals surface area contributed by atoms with Gasteiger partial charge in [0.2, 0.25) is 0 Å². The summed E-state index contributed by atoms with van der Waals surface area (Å²) in [4.78, 5) is 11.5. The van der Waals surface area contributed by atoms with Gasteiger partial charge in [0, 0.05) is 17.6 Å². The number of carbonyl (C=O) groups is 1. The summed E-state index contributed by atoms with van der Waals surface area (Å²) >= 11 is 3.34. The standard InChI is InChI=1S/C9H14BrN3O/c1-7-8(6-12-13-7)9(14)11-5-3-2-4-10/h6H,2-5H2,1H3,(H,11,14)(H,12,13). The van der Waals surface area contributed by atoms with Crippen LogP contribution in [0.1, 0.15) is 28.9 Å². The molecule has 0 aliphatic carbocycles. The third-order valence-electron chi connectivity index (χ3n) is 1.92. The maximum Gasteiger partial charge on any atom is 0.254 e. The third kappa shape index (κ3) is 3.14. The zero-order valence-electron chi connectivity index (χ0n) is 8.14. The van der Waals surface area contributed by atoms with Crippen LogP contribution in [-0.4, -0.2) is 28.0 Å². The summed E-state index contributed by atoms with van der Waals surface area (Å²) in [6.07, 6.45) is 3.62. The summed E-state index contributed by atoms with van der Waals surface area (Å²) in [5.41, 5.74) is 1.44. The molecular weight excluding hydrogens is 246 g/mol. The molecule has 0 saturated heterocycles. The molecule has 1 aromatic rings. The van der Waals surface area contributed by atoms with Crippen molar-refractivity contribution in [2.24, 2.45) is 0 Å². The van der Waals surface area contributed by atoms with Crippen LogP contribution in [0.2, 0.25) is 0 Å². The second-order valence-corrected chi connectivity index (χ2v) is 3.85. The second-order valence-electron chi connectivity index (χ2n) is 3.06. The van der Waals surface area contributed by atoms with Crippen molar-refractivity contribution in [3.63, 3.8) is 0 Å². The molecule has 0 aromatic carbocycles. The van der Waals surface area contributed by atoms with Crippen LogP contribution in [0, 0.1) is 6.92 Å². The van der Waals surface area contributed by atoms with Crippen LogP contribution in [0.25, 0.3) is 0 Å². The number of rotatable bonds is 5. The van der Waals surface area contributed by atoms with Crippen molar-refractivity contribution in [2.75, 3.05) is 11.9 Å². The van der Waals surface area contributed by atoms with E-state index in [-0.39, 0.29) is 5.91 Å². The van der Waals surface area contributed by atoms with Gasteiger partial charge in [-0.2, -0.15) is 5.10 Å². The quantitative estimate of drug-likeness (QED) is 0.624. The molecule has 2 N–H and O–H groups in total. The lowest BCUT2D eigenvalue weighted by Crippen LogP contribution is -2.24. The minimum absolute atomic E-state index is 0.0502. The summed E-state index contributed by atoms with van der Waals surface area (Å²) < 4.78 is 0. The number of carbonyl (C=O) groups excluding carboxylic acids is 1. The van der Waals surface area contributed by atoms with Crippen LogP contribution >= 0.6 is 15.9 Å². The van der Waals surface area contributed by atoms with E-state index in [0.717, 1.165) is 30.4 Å². The fourth-order valence-electron chi connectivity index (χ4n) is 1.10. The Hall–Kier alpha value is -0.840. The van der Waals surface area contributed by atoms with Gasteiger partial charge in [-0.25, -0.2) is 0 Å². The number of aromatic amines is 1. The molecule has 0 atom stereocenters. The van der Waals surface area contributed by atoms with Gasteiger partial charge in [0.25, 0.3) is 5.91 Å². The molecule has 1 aromatic heterocycles. The minimum atomic E-state index is -0.0502. The average Bonchev–Trinajstić information content (AvgIpc) is 2.59. The summed E-state index contributed by atoms with van der Waals surface area (Å²) in [7, 11) is 0. The molecule has 1 amide bonds. The Morgan fingerprint density at radius 2 is 2.43 bits per heavy atom. The van der Waals surface area contributed by atoms with Gasteiger partial charge in [-0.05, 0) is 19.8 Å². The molecule has 4 nitrogen and oxygen atoms in total. The number of aryl methyl sites for hydroxylation is 1. The zero-order chi connectivity index (χ0) is 10.4. The summed E-state index contributed by atoms with van der Waals surface area (Å²) in [6, 6.07) is 0. The number of alkyl halides is 1. The average molecular weight is 260 g/mol. The highest BCUT2D eigenvalue weighted by Crippen LogP contribution is 2.01. The van der Waals surface area contributed by atoms with Crippen LogP contribution in [0.5, 0.6) is 0 Å². The van der Waals surface area contributed by atoms with Crippen molar-refractivity contribution in [3.05, 3.63) is 17.5 Å². The molecule has 78 valence electrons. The lowest BCUT2D eigenvalue weighted by molar-refractivity contribution is 0.0952. The van der Waals surface area contributed by atoms with Gasteiger partial charge < -0.3 is 5.32 Å². The van der Waals surface area contributed by atoms with Crippen molar-refractivity contribution in [1.29, 1.82) is 0 Å². The Kier molecular flexibility index (Phi) is 4.65. The Balaban J connectivity index is 2.32. The van der Waals surface area contributed by atoms with E-state index < -0.39 is 0 Å². The number of nitrogens with one attached hydrogen (secondary N) is 2. The highest BCUT2D eigenvalue weighted by Gasteiger charge is 2.08. The summed E-state index contributed by atoms with van der Waals surface area (Å²) in [5, 5.41) is 10.3. The smallest absolute Gasteiger partial charge is 0.254 e. The molecule has 0 aliphatic heterocycles. The molecule has 1 rings (SSSR count). The van der Waals surface area contributed by atoms with Crippen LogP contribution in [0.15, 0.2) is 6.20 Å². The van der Waals surface area contributed by atoms with Crippen LogP contribution < -0.4 is 5.32 Å². The first-order valence-electron chi connectivity index (χ1n) is 4.60. The number of unbranched alkanes of at least 4 members (excludes halogenated alkanes) is 1. The predicted molar refractivity (Wildman–Crippen MR) is 58.7 cm³/mol. The van der Waals surface area contributed by atoms with Gasteiger partial charge in [-0.1, -0.05) is 15.9 Å². The first-order valence-corrected chi connectivity index (χ1v) is 5.72. The number of H-pyrrole nitrogens is 1. The Morgan fingerprint density at radius 1 is 1.64 bits per heavy atom. The van der Waals surface area contributed by atoms with Gasteiger partial charge in [-0.3, -0.25) is 9.89 Å². The molecule has 14 heavy (non-hydrogen) atoms. The monoisotopic (exact) mass is 259 g/mol. The Bertz CT molecular complexity index is 298. The maximum absolute atomic E-state index is 11.5. The first kappa shape index (κ1) is 11.2. The van der Waals surface area contributed by atoms with Gasteiger partial charge in [-0.15, -0.1) is 0 Å². The number of hydrogen-bond acceptors (Lipinski definition) is 2. The fourth-order valence-corrected chi connectivity index (χ4v) is 1.49. The van der Waals surface area contributed by atoms with E-state index in [1.54, 1.807) is 6.20 Å². The lowest BCUT2D eigenvalue weighted by atomic mass is 10.2. The zero-order valence-corrected chi connectivity index (χ0v) is 9.73. The molecule has 0 unspecified atom stereocenters. The number of hydrogen-bond donors (Lipinski definition) is 2. The number of amides is 1. The summed E-state index contributed by atoms with van der Waals surface area (Å²) in [5.74, 6) is -0.0502. The van der Waals surface area contributed by atoms with Crippen molar-refractivity contribution in [2.45, 2.75) is 19.8 Å². The lowest BCUT2D eigenvalue weighted by Gasteiger charge is -2.02. The maximum atomic E-state index is 11.5. The van der Waals surface area contributed by atoms with Crippen LogP contribution in [0.3, 0.4) is 0 Å². The molecule has 0 saturated carbocycles. The van der Waals surface area contributed by atoms with Crippen molar-refractivity contribution < 1.29 is 4.79 Å². The fraction of sp³-hybridized carbons (Fsp3) is 0.556. The van der Waals surface area contributed by atoms with Crippen molar-refractivity contribution in [3.8, 4) is 0 Å². The van der Waals surface area contributed by atoms with Gasteiger partial charge in [0.05, 0.1) is 11.8 Å². The van der Waals surface area contributed by atoms with Crippen LogP contribution in [-0.2, 0) is 0 Å². The molecule has 0 fully saturated rings. The molecule has 0 bridgehead atoms. The molecular formula is C9H14BrN3O. The Labute approximate surface area is 91.6 Å². The predicted octanol–water partition coefficient (Wildman–Crippen LogP) is 1.62. The highest BCUT2D eigenvalue weighted by molar-refractivity contribution is 9.09. The van der Waals surface area contributed by atoms with E-state index in [2.05, 4.69) is 31.4 Å². The largest absolute Gasteiger partial charge is 0.352 e. The van der Waals surface area contributed by atoms with E-state index in [0.29, 0.717) is 5.56 Å². The molecule has 5 heteroatoms. The SMILES string of the molecule is Cc1[nH]ncc1C(=O)NCCCCBr. The van der Waals surface area contributed by atoms with E-state index in [1.165, 1.54) is 0 Å². The number of nitrogens with zero attached hydrogens (tertiary/aromatic N) is 1. The minimum Gasteiger partial charge on any atom is -0.352 e. The second kappa shape index (κ2) is 5.80. The van der Waals surface area contributed by atoms with Gasteiger partial charge in [0.15, 0.2) is 0 Å². The molecule has 0 spiro atoms. The third-order valence-corrected chi connectivity index (χ3v) is 2.48. The van der Waals surface area contributed by atoms with Crippen molar-refractivity contribution in [1.82, 2.24) is 15.5 Å². The number of aromatic nitrogens is 2. The van der Waals surface area contributed by atoms with Gasteiger partial charge in [0.1, 0.15) is 0 Å². The number of halogens is 1. The van der Waals surface area contributed by atoms with E-state index in [4.69, 9.17) is 0 Å². The molecule has 0 radical (unpaired) electrons. The Morgan fingerprint density at radius 3 is 3.00 bits per heavy atom.